The van der Waals surface area contributed by atoms with Crippen molar-refractivity contribution in [1.29, 1.82) is 0 Å². The van der Waals surface area contributed by atoms with Crippen molar-refractivity contribution in [2.45, 2.75) is 38.5 Å². The van der Waals surface area contributed by atoms with Crippen LogP contribution in [0.3, 0.4) is 0 Å². The molecule has 1 aromatic rings. The molecule has 94 valence electrons. The lowest BCUT2D eigenvalue weighted by atomic mass is 9.64. The van der Waals surface area contributed by atoms with E-state index in [1.165, 1.54) is 32.4 Å². The second kappa shape index (κ2) is 5.22. The molecule has 1 heterocycles. The molecule has 1 aliphatic rings. The van der Waals surface area contributed by atoms with Crippen LogP contribution in [0.5, 0.6) is 0 Å². The maximum atomic E-state index is 2.47. The maximum absolute atomic E-state index is 2.47. The molecule has 1 nitrogen and oxygen atoms in total. The molecule has 1 heteroatoms. The average Bonchev–Trinajstić information content (AvgIpc) is 2.34. The number of benzene rings is 1. The molecule has 1 aromatic carbocycles. The van der Waals surface area contributed by atoms with Gasteiger partial charge in [0.2, 0.25) is 0 Å². The molecule has 1 fully saturated rings. The van der Waals surface area contributed by atoms with Gasteiger partial charge in [0.15, 0.2) is 0 Å². The van der Waals surface area contributed by atoms with E-state index in [0.29, 0.717) is 5.41 Å². The van der Waals surface area contributed by atoms with E-state index in [1.807, 2.05) is 0 Å². The van der Waals surface area contributed by atoms with E-state index in [4.69, 9.17) is 0 Å². The monoisotopic (exact) mass is 231 g/mol. The van der Waals surface area contributed by atoms with Crippen molar-refractivity contribution in [3.8, 4) is 0 Å². The molecular weight excluding hydrogens is 206 g/mol. The first-order valence-electron chi connectivity index (χ1n) is 6.93. The molecule has 0 amide bonds. The lowest BCUT2D eigenvalue weighted by Crippen LogP contribution is -2.47. The van der Waals surface area contributed by atoms with Gasteiger partial charge in [-0.2, -0.15) is 0 Å². The van der Waals surface area contributed by atoms with Crippen molar-refractivity contribution in [2.24, 2.45) is 5.92 Å². The lowest BCUT2D eigenvalue weighted by Gasteiger charge is -2.46. The van der Waals surface area contributed by atoms with Crippen molar-refractivity contribution in [3.05, 3.63) is 35.9 Å². The zero-order valence-corrected chi connectivity index (χ0v) is 11.4. The van der Waals surface area contributed by atoms with Crippen molar-refractivity contribution >= 4 is 0 Å². The standard InChI is InChI=1S/C16H25N/c1-4-10-16(15-8-6-5-7-9-15)11-12-17(3)13-14(16)2/h5-9,14H,4,10-13H2,1-3H3. The summed E-state index contributed by atoms with van der Waals surface area (Å²) in [5.41, 5.74) is 1.98. The highest BCUT2D eigenvalue weighted by atomic mass is 15.1. The first-order valence-corrected chi connectivity index (χ1v) is 6.93. The number of likely N-dealkylation sites (tertiary alicyclic amines) is 1. The van der Waals surface area contributed by atoms with Gasteiger partial charge in [-0.15, -0.1) is 0 Å². The van der Waals surface area contributed by atoms with Gasteiger partial charge in [-0.1, -0.05) is 50.6 Å². The van der Waals surface area contributed by atoms with Gasteiger partial charge < -0.3 is 4.90 Å². The highest BCUT2D eigenvalue weighted by Crippen LogP contribution is 2.42. The summed E-state index contributed by atoms with van der Waals surface area (Å²) in [7, 11) is 2.25. The summed E-state index contributed by atoms with van der Waals surface area (Å²) in [6.45, 7) is 7.21. The minimum absolute atomic E-state index is 0.419. The van der Waals surface area contributed by atoms with Crippen LogP contribution in [0.1, 0.15) is 38.7 Å². The third kappa shape index (κ3) is 2.40. The number of hydrogen-bond acceptors (Lipinski definition) is 1. The third-order valence-electron chi connectivity index (χ3n) is 4.51. The summed E-state index contributed by atoms with van der Waals surface area (Å²) < 4.78 is 0. The van der Waals surface area contributed by atoms with Crippen LogP contribution >= 0.6 is 0 Å². The summed E-state index contributed by atoms with van der Waals surface area (Å²) in [6, 6.07) is 11.2. The highest BCUT2D eigenvalue weighted by Gasteiger charge is 2.40. The number of rotatable bonds is 3. The predicted octanol–water partition coefficient (Wildman–Crippen LogP) is 3.70. The molecule has 1 aliphatic heterocycles. The zero-order chi connectivity index (χ0) is 12.3. The Labute approximate surface area is 106 Å². The van der Waals surface area contributed by atoms with E-state index >= 15 is 0 Å². The van der Waals surface area contributed by atoms with Gasteiger partial charge in [0, 0.05) is 12.0 Å². The van der Waals surface area contributed by atoms with Gasteiger partial charge in [-0.25, -0.2) is 0 Å². The van der Waals surface area contributed by atoms with Crippen LogP contribution in [0, 0.1) is 5.92 Å². The molecule has 0 radical (unpaired) electrons. The first kappa shape index (κ1) is 12.6. The second-order valence-electron chi connectivity index (χ2n) is 5.69. The van der Waals surface area contributed by atoms with Crippen molar-refractivity contribution in [1.82, 2.24) is 4.90 Å². The van der Waals surface area contributed by atoms with Crippen LogP contribution in [0.25, 0.3) is 0 Å². The van der Waals surface area contributed by atoms with Crippen molar-refractivity contribution < 1.29 is 0 Å². The Hall–Kier alpha value is -0.820. The molecule has 2 atom stereocenters. The van der Waals surface area contributed by atoms with Crippen molar-refractivity contribution in [2.75, 3.05) is 20.1 Å². The SMILES string of the molecule is CCCC1(c2ccccc2)CCN(C)CC1C. The lowest BCUT2D eigenvalue weighted by molar-refractivity contribution is 0.112. The van der Waals surface area contributed by atoms with Gasteiger partial charge in [0.1, 0.15) is 0 Å². The molecule has 0 aromatic heterocycles. The summed E-state index contributed by atoms with van der Waals surface area (Å²) in [5, 5.41) is 0. The Bertz CT molecular complexity index is 346. The first-order chi connectivity index (χ1) is 8.19. The largest absolute Gasteiger partial charge is 0.306 e. The van der Waals surface area contributed by atoms with E-state index in [-0.39, 0.29) is 0 Å². The Kier molecular flexibility index (Phi) is 3.88. The maximum Gasteiger partial charge on any atom is 0.00125 e. The number of nitrogens with zero attached hydrogens (tertiary/aromatic N) is 1. The molecule has 0 aliphatic carbocycles. The summed E-state index contributed by atoms with van der Waals surface area (Å²) in [4.78, 5) is 2.47. The van der Waals surface area contributed by atoms with Crippen LogP contribution in [0.4, 0.5) is 0 Å². The van der Waals surface area contributed by atoms with Crippen LogP contribution < -0.4 is 0 Å². The molecule has 0 N–H and O–H groups in total. The molecule has 2 rings (SSSR count). The fourth-order valence-corrected chi connectivity index (χ4v) is 3.53. The zero-order valence-electron chi connectivity index (χ0n) is 11.4. The van der Waals surface area contributed by atoms with Gasteiger partial charge in [0.05, 0.1) is 0 Å². The van der Waals surface area contributed by atoms with Gasteiger partial charge >= 0.3 is 0 Å². The van der Waals surface area contributed by atoms with E-state index in [1.54, 1.807) is 5.56 Å². The van der Waals surface area contributed by atoms with Gasteiger partial charge in [0.25, 0.3) is 0 Å². The van der Waals surface area contributed by atoms with E-state index in [9.17, 15) is 0 Å². The molecule has 0 saturated carbocycles. The molecule has 0 spiro atoms. The van der Waals surface area contributed by atoms with E-state index in [2.05, 4.69) is 56.1 Å². The third-order valence-corrected chi connectivity index (χ3v) is 4.51. The Morgan fingerprint density at radius 3 is 2.59 bits per heavy atom. The topological polar surface area (TPSA) is 3.24 Å². The van der Waals surface area contributed by atoms with Gasteiger partial charge in [-0.3, -0.25) is 0 Å². The normalized spacial score (nSPS) is 30.4. The fourth-order valence-electron chi connectivity index (χ4n) is 3.53. The van der Waals surface area contributed by atoms with Gasteiger partial charge in [-0.05, 0) is 37.9 Å². The van der Waals surface area contributed by atoms with Crippen LogP contribution in [0.15, 0.2) is 30.3 Å². The minimum atomic E-state index is 0.419. The predicted molar refractivity (Wildman–Crippen MR) is 74.3 cm³/mol. The number of hydrogen-bond donors (Lipinski definition) is 0. The Balaban J connectivity index is 2.32. The van der Waals surface area contributed by atoms with Crippen molar-refractivity contribution in [3.63, 3.8) is 0 Å². The van der Waals surface area contributed by atoms with E-state index in [0.717, 1.165) is 5.92 Å². The second-order valence-corrected chi connectivity index (χ2v) is 5.69. The molecular formula is C16H25N. The average molecular weight is 231 g/mol. The van der Waals surface area contributed by atoms with E-state index < -0.39 is 0 Å². The van der Waals surface area contributed by atoms with Crippen LogP contribution in [-0.2, 0) is 5.41 Å². The quantitative estimate of drug-likeness (QED) is 0.767. The Morgan fingerprint density at radius 2 is 2.00 bits per heavy atom. The molecule has 2 unspecified atom stereocenters. The summed E-state index contributed by atoms with van der Waals surface area (Å²) in [5.74, 6) is 0.753. The smallest absolute Gasteiger partial charge is 0.00125 e. The summed E-state index contributed by atoms with van der Waals surface area (Å²) >= 11 is 0. The fraction of sp³-hybridized carbons (Fsp3) is 0.625. The Morgan fingerprint density at radius 1 is 1.29 bits per heavy atom. The highest BCUT2D eigenvalue weighted by molar-refractivity contribution is 5.27. The molecule has 1 saturated heterocycles. The van der Waals surface area contributed by atoms with Crippen LogP contribution in [-0.4, -0.2) is 25.0 Å². The van der Waals surface area contributed by atoms with Crippen LogP contribution in [0.2, 0.25) is 0 Å². The summed E-state index contributed by atoms with van der Waals surface area (Å²) in [6.07, 6.45) is 3.91. The number of piperidine rings is 1. The molecule has 0 bridgehead atoms. The minimum Gasteiger partial charge on any atom is -0.306 e. The molecule has 17 heavy (non-hydrogen) atoms.